The van der Waals surface area contributed by atoms with Crippen molar-refractivity contribution in [1.82, 2.24) is 4.90 Å². The van der Waals surface area contributed by atoms with E-state index in [-0.39, 0.29) is 52.6 Å². The van der Waals surface area contributed by atoms with Gasteiger partial charge in [0.1, 0.15) is 0 Å². The standard InChI is InChI=1S/C24H33NO6/c1-21-8-7-17(28-2)23-15(21)11-14(18(23)25(12-21)20(27)29-3)22-9-6-13(10-16(22)23)19(26)24(22,30-4)31-5/h6,9,13-18H,7-8,10-12H2,1-5H3/t13-,14-,15+,16?,17?,18?,21?,22-,23?/m0/s1. The molecule has 7 aliphatic rings. The lowest BCUT2D eigenvalue weighted by Crippen LogP contribution is -2.73. The molecular weight excluding hydrogens is 398 g/mol. The number of methoxy groups -OCH3 is 4. The first-order chi connectivity index (χ1) is 14.8. The van der Waals surface area contributed by atoms with Crippen LogP contribution in [-0.2, 0) is 23.7 Å². The van der Waals surface area contributed by atoms with Crippen molar-refractivity contribution in [2.45, 2.75) is 50.5 Å². The smallest absolute Gasteiger partial charge is 0.409 e. The van der Waals surface area contributed by atoms with Gasteiger partial charge in [-0.3, -0.25) is 4.79 Å². The molecular formula is C24H33NO6. The number of rotatable bonds is 3. The van der Waals surface area contributed by atoms with Gasteiger partial charge in [-0.15, -0.1) is 0 Å². The second-order valence-electron chi connectivity index (χ2n) is 10.9. The van der Waals surface area contributed by atoms with Crippen molar-refractivity contribution in [3.63, 3.8) is 0 Å². The molecule has 170 valence electrons. The molecule has 7 heteroatoms. The van der Waals surface area contributed by atoms with Crippen LogP contribution in [0.2, 0.25) is 0 Å². The molecule has 7 rings (SSSR count). The van der Waals surface area contributed by atoms with Crippen molar-refractivity contribution in [3.05, 3.63) is 12.2 Å². The molecule has 31 heavy (non-hydrogen) atoms. The van der Waals surface area contributed by atoms with Gasteiger partial charge in [-0.1, -0.05) is 19.1 Å². The van der Waals surface area contributed by atoms with Gasteiger partial charge < -0.3 is 23.8 Å². The first-order valence-corrected chi connectivity index (χ1v) is 11.5. The molecule has 0 aromatic rings. The summed E-state index contributed by atoms with van der Waals surface area (Å²) in [5.74, 6) is -0.867. The summed E-state index contributed by atoms with van der Waals surface area (Å²) in [5.41, 5.74) is -0.816. The lowest BCUT2D eigenvalue weighted by molar-refractivity contribution is -0.302. The second-order valence-corrected chi connectivity index (χ2v) is 10.9. The average molecular weight is 432 g/mol. The molecule has 1 saturated heterocycles. The number of carbonyl (C=O) groups excluding carboxylic acids is 2. The van der Waals surface area contributed by atoms with Gasteiger partial charge in [0.05, 0.1) is 18.6 Å². The largest absolute Gasteiger partial charge is 0.453 e. The van der Waals surface area contributed by atoms with E-state index in [0.717, 1.165) is 25.7 Å². The van der Waals surface area contributed by atoms with Crippen molar-refractivity contribution >= 4 is 11.9 Å². The van der Waals surface area contributed by atoms with Crippen LogP contribution in [0.4, 0.5) is 4.79 Å². The molecule has 0 aromatic heterocycles. The average Bonchev–Trinajstić information content (AvgIpc) is 3.21. The van der Waals surface area contributed by atoms with Crippen LogP contribution in [-0.4, -0.2) is 69.7 Å². The number of hydrogen-bond acceptors (Lipinski definition) is 6. The fourth-order valence-corrected chi connectivity index (χ4v) is 10.0. The Kier molecular flexibility index (Phi) is 3.85. The Morgan fingerprint density at radius 1 is 1.13 bits per heavy atom. The number of likely N-dealkylation sites (tertiary alicyclic amines) is 1. The van der Waals surface area contributed by atoms with Gasteiger partial charge in [0, 0.05) is 45.2 Å². The summed E-state index contributed by atoms with van der Waals surface area (Å²) in [7, 11) is 6.45. The molecule has 7 nitrogen and oxygen atoms in total. The quantitative estimate of drug-likeness (QED) is 0.505. The van der Waals surface area contributed by atoms with Crippen LogP contribution >= 0.6 is 0 Å². The summed E-state index contributed by atoms with van der Waals surface area (Å²) >= 11 is 0. The maximum absolute atomic E-state index is 13.6. The summed E-state index contributed by atoms with van der Waals surface area (Å²) in [4.78, 5) is 28.7. The molecule has 1 aliphatic heterocycles. The van der Waals surface area contributed by atoms with E-state index >= 15 is 0 Å². The van der Waals surface area contributed by atoms with Gasteiger partial charge in [0.25, 0.3) is 0 Å². The van der Waals surface area contributed by atoms with Crippen LogP contribution in [0.1, 0.15) is 32.6 Å². The minimum atomic E-state index is -1.31. The minimum absolute atomic E-state index is 0.0172. The monoisotopic (exact) mass is 431 g/mol. The molecule has 1 amide bonds. The van der Waals surface area contributed by atoms with Gasteiger partial charge in [0.15, 0.2) is 5.78 Å². The molecule has 4 saturated carbocycles. The highest BCUT2D eigenvalue weighted by atomic mass is 16.7. The van der Waals surface area contributed by atoms with E-state index in [4.69, 9.17) is 18.9 Å². The third-order valence-electron chi connectivity index (χ3n) is 10.6. The summed E-state index contributed by atoms with van der Waals surface area (Å²) in [5, 5.41) is 0. The normalized spacial score (nSPS) is 52.4. The van der Waals surface area contributed by atoms with E-state index in [0.29, 0.717) is 12.5 Å². The molecule has 0 N–H and O–H groups in total. The molecule has 5 fully saturated rings. The van der Waals surface area contributed by atoms with Crippen molar-refractivity contribution in [1.29, 1.82) is 0 Å². The lowest BCUT2D eigenvalue weighted by Gasteiger charge is -2.68. The molecule has 1 heterocycles. The number of piperidine rings is 1. The number of ether oxygens (including phenoxy) is 4. The Labute approximate surface area is 183 Å². The zero-order valence-electron chi connectivity index (χ0n) is 19.1. The number of ketones is 1. The molecule has 6 aliphatic carbocycles. The number of nitrogens with zero attached hydrogens (tertiary/aromatic N) is 1. The first kappa shape index (κ1) is 20.2. The van der Waals surface area contributed by atoms with Crippen molar-refractivity contribution < 1.29 is 28.5 Å². The van der Waals surface area contributed by atoms with Crippen molar-refractivity contribution in [2.75, 3.05) is 35.0 Å². The predicted octanol–water partition coefficient (Wildman–Crippen LogP) is 2.64. The first-order valence-electron chi connectivity index (χ1n) is 11.5. The highest BCUT2D eigenvalue weighted by Crippen LogP contribution is 2.83. The van der Waals surface area contributed by atoms with Gasteiger partial charge in [-0.05, 0) is 48.9 Å². The number of amides is 1. The van der Waals surface area contributed by atoms with Crippen LogP contribution in [0.25, 0.3) is 0 Å². The fraction of sp³-hybridized carbons (Fsp3) is 0.833. The van der Waals surface area contributed by atoms with E-state index in [1.807, 2.05) is 4.90 Å². The molecule has 0 radical (unpaired) electrons. The van der Waals surface area contributed by atoms with Gasteiger partial charge in [-0.2, -0.15) is 0 Å². The Morgan fingerprint density at radius 2 is 1.87 bits per heavy atom. The third-order valence-corrected chi connectivity index (χ3v) is 10.6. The summed E-state index contributed by atoms with van der Waals surface area (Å²) in [6.07, 6.45) is 7.78. The van der Waals surface area contributed by atoms with Crippen LogP contribution < -0.4 is 0 Å². The van der Waals surface area contributed by atoms with E-state index < -0.39 is 11.2 Å². The Balaban J connectivity index is 1.64. The number of Topliss-reactive ketones (excluding diaryl/α,β-unsaturated/α-hetero) is 1. The number of hydrogen-bond donors (Lipinski definition) is 0. The second kappa shape index (κ2) is 5.91. The predicted molar refractivity (Wildman–Crippen MR) is 110 cm³/mol. The maximum Gasteiger partial charge on any atom is 0.409 e. The van der Waals surface area contributed by atoms with Gasteiger partial charge >= 0.3 is 6.09 Å². The molecule has 5 unspecified atom stereocenters. The van der Waals surface area contributed by atoms with E-state index in [1.165, 1.54) is 7.11 Å². The van der Waals surface area contributed by atoms with E-state index in [2.05, 4.69) is 19.1 Å². The lowest BCUT2D eigenvalue weighted by atomic mass is 9.40. The molecule has 7 bridgehead atoms. The van der Waals surface area contributed by atoms with Crippen LogP contribution in [0.3, 0.4) is 0 Å². The summed E-state index contributed by atoms with van der Waals surface area (Å²) in [6.45, 7) is 3.04. The Bertz CT molecular complexity index is 883. The number of carbonyl (C=O) groups is 2. The molecule has 2 spiro atoms. The minimum Gasteiger partial charge on any atom is -0.453 e. The van der Waals surface area contributed by atoms with Gasteiger partial charge in [-0.25, -0.2) is 4.79 Å². The fourth-order valence-electron chi connectivity index (χ4n) is 10.0. The van der Waals surface area contributed by atoms with Crippen LogP contribution in [0, 0.1) is 39.9 Å². The highest BCUT2D eigenvalue weighted by Gasteiger charge is 2.88. The summed E-state index contributed by atoms with van der Waals surface area (Å²) in [6, 6.07) is -0.0488. The van der Waals surface area contributed by atoms with E-state index in [1.54, 1.807) is 21.3 Å². The van der Waals surface area contributed by atoms with Crippen molar-refractivity contribution in [2.24, 2.45) is 39.9 Å². The molecule has 0 aromatic carbocycles. The zero-order chi connectivity index (χ0) is 22.0. The number of allylic oxidation sites excluding steroid dienone is 1. The third kappa shape index (κ3) is 1.77. The topological polar surface area (TPSA) is 74.3 Å². The van der Waals surface area contributed by atoms with Crippen molar-refractivity contribution in [3.8, 4) is 0 Å². The maximum atomic E-state index is 13.6. The Morgan fingerprint density at radius 3 is 2.52 bits per heavy atom. The Hall–Kier alpha value is -1.44. The van der Waals surface area contributed by atoms with Gasteiger partial charge in [0.2, 0.25) is 5.79 Å². The zero-order valence-corrected chi connectivity index (χ0v) is 19.1. The highest BCUT2D eigenvalue weighted by molar-refractivity contribution is 5.94. The van der Waals surface area contributed by atoms with E-state index in [9.17, 15) is 9.59 Å². The summed E-state index contributed by atoms with van der Waals surface area (Å²) < 4.78 is 23.6. The van der Waals surface area contributed by atoms with Crippen LogP contribution in [0.15, 0.2) is 12.2 Å². The SMILES string of the molecule is COC(=O)N1CC2(C)CCC(OC)C34C1[C@H](C[C@H]23)[C@@]12C=C[C@@H](CC41)C(=O)C2(OC)OC. The van der Waals surface area contributed by atoms with Crippen LogP contribution in [0.5, 0.6) is 0 Å². The molecule has 9 atom stereocenters. The number of fused-ring (bicyclic) bond motifs is 1.